The van der Waals surface area contributed by atoms with Gasteiger partial charge in [0.25, 0.3) is 0 Å². The Kier molecular flexibility index (Phi) is 6.05. The Balaban J connectivity index is 2.57. The summed E-state index contributed by atoms with van der Waals surface area (Å²) in [4.78, 5) is 4.08. The first kappa shape index (κ1) is 14.2. The van der Waals surface area contributed by atoms with Gasteiger partial charge in [-0.15, -0.1) is 0 Å². The highest BCUT2D eigenvalue weighted by Crippen LogP contribution is 2.28. The van der Waals surface area contributed by atoms with E-state index >= 15 is 0 Å². The molecule has 1 unspecified atom stereocenters. The summed E-state index contributed by atoms with van der Waals surface area (Å²) in [5.41, 5.74) is 0. The molecule has 0 saturated heterocycles. The molecule has 0 bridgehead atoms. The summed E-state index contributed by atoms with van der Waals surface area (Å²) in [7, 11) is 0. The second-order valence-electron chi connectivity index (χ2n) is 3.35. The number of pyridine rings is 1. The molecule has 1 N–H and O–H groups in total. The summed E-state index contributed by atoms with van der Waals surface area (Å²) >= 11 is 19.4. The molecular formula is C10H13Cl3N2S. The van der Waals surface area contributed by atoms with E-state index in [-0.39, 0.29) is 5.15 Å². The second kappa shape index (κ2) is 6.80. The lowest BCUT2D eigenvalue weighted by molar-refractivity contribution is 0.850. The van der Waals surface area contributed by atoms with Crippen LogP contribution in [0.5, 0.6) is 0 Å². The van der Waals surface area contributed by atoms with Crippen molar-refractivity contribution in [3.8, 4) is 0 Å². The zero-order valence-electron chi connectivity index (χ0n) is 9.06. The standard InChI is InChI=1S/C10H13Cl3N2S/c1-6(16-2)3-4-14-10-8(12)5-7(11)9(13)15-10/h5-6H,3-4H2,1-2H3,(H,14,15). The molecule has 0 saturated carbocycles. The van der Waals surface area contributed by atoms with Crippen LogP contribution in [0, 0.1) is 0 Å². The van der Waals surface area contributed by atoms with Crippen molar-refractivity contribution in [3.63, 3.8) is 0 Å². The average molecular weight is 300 g/mol. The number of nitrogens with zero attached hydrogens (tertiary/aromatic N) is 1. The lowest BCUT2D eigenvalue weighted by Crippen LogP contribution is -2.09. The van der Waals surface area contributed by atoms with Crippen LogP contribution in [-0.4, -0.2) is 23.0 Å². The third kappa shape index (κ3) is 4.21. The van der Waals surface area contributed by atoms with E-state index in [0.29, 0.717) is 21.1 Å². The molecule has 2 nitrogen and oxygen atoms in total. The van der Waals surface area contributed by atoms with Gasteiger partial charge in [0.05, 0.1) is 10.0 Å². The van der Waals surface area contributed by atoms with E-state index in [2.05, 4.69) is 23.5 Å². The van der Waals surface area contributed by atoms with E-state index in [1.54, 1.807) is 6.07 Å². The third-order valence-electron chi connectivity index (χ3n) is 2.13. The van der Waals surface area contributed by atoms with Gasteiger partial charge in [-0.25, -0.2) is 4.98 Å². The second-order valence-corrected chi connectivity index (χ2v) is 5.80. The van der Waals surface area contributed by atoms with Gasteiger partial charge in [0.15, 0.2) is 0 Å². The summed E-state index contributed by atoms with van der Waals surface area (Å²) in [6, 6.07) is 1.60. The molecule has 1 heterocycles. The van der Waals surface area contributed by atoms with E-state index in [1.807, 2.05) is 11.8 Å². The minimum Gasteiger partial charge on any atom is -0.369 e. The van der Waals surface area contributed by atoms with Crippen molar-refractivity contribution in [1.29, 1.82) is 0 Å². The Bertz CT molecular complexity index is 360. The molecule has 90 valence electrons. The molecule has 0 aliphatic rings. The van der Waals surface area contributed by atoms with Crippen molar-refractivity contribution < 1.29 is 0 Å². The first-order chi connectivity index (χ1) is 7.54. The molecule has 0 amide bonds. The maximum Gasteiger partial charge on any atom is 0.150 e. The fourth-order valence-corrected chi connectivity index (χ4v) is 2.00. The number of nitrogens with one attached hydrogen (secondary N) is 1. The molecule has 1 aromatic rings. The lowest BCUT2D eigenvalue weighted by atomic mass is 10.3. The Morgan fingerprint density at radius 3 is 2.69 bits per heavy atom. The highest BCUT2D eigenvalue weighted by atomic mass is 35.5. The molecule has 0 radical (unpaired) electrons. The molecule has 1 aromatic heterocycles. The number of anilines is 1. The monoisotopic (exact) mass is 298 g/mol. The summed E-state index contributed by atoms with van der Waals surface area (Å²) < 4.78 is 0. The molecular weight excluding hydrogens is 287 g/mol. The van der Waals surface area contributed by atoms with E-state index in [4.69, 9.17) is 34.8 Å². The van der Waals surface area contributed by atoms with E-state index < -0.39 is 0 Å². The Hall–Kier alpha value is 0.170. The van der Waals surface area contributed by atoms with Crippen molar-refractivity contribution in [2.75, 3.05) is 18.1 Å². The normalized spacial score (nSPS) is 12.6. The lowest BCUT2D eigenvalue weighted by Gasteiger charge is -2.11. The molecule has 0 fully saturated rings. The molecule has 0 aliphatic carbocycles. The van der Waals surface area contributed by atoms with Gasteiger partial charge in [-0.3, -0.25) is 0 Å². The smallest absolute Gasteiger partial charge is 0.150 e. The van der Waals surface area contributed by atoms with Crippen LogP contribution in [0.2, 0.25) is 15.2 Å². The van der Waals surface area contributed by atoms with Gasteiger partial charge in [0.2, 0.25) is 0 Å². The number of halogens is 3. The van der Waals surface area contributed by atoms with Gasteiger partial charge in [0.1, 0.15) is 11.0 Å². The summed E-state index contributed by atoms with van der Waals surface area (Å²) in [5, 5.41) is 4.88. The first-order valence-electron chi connectivity index (χ1n) is 4.82. The van der Waals surface area contributed by atoms with Gasteiger partial charge in [0, 0.05) is 11.8 Å². The number of thioether (sulfide) groups is 1. The maximum atomic E-state index is 5.98. The predicted molar refractivity (Wildman–Crippen MR) is 75.4 cm³/mol. The highest BCUT2D eigenvalue weighted by molar-refractivity contribution is 7.99. The van der Waals surface area contributed by atoms with Crippen LogP contribution in [0.4, 0.5) is 5.82 Å². The topological polar surface area (TPSA) is 24.9 Å². The summed E-state index contributed by atoms with van der Waals surface area (Å²) in [6.07, 6.45) is 3.13. The quantitative estimate of drug-likeness (QED) is 0.805. The van der Waals surface area contributed by atoms with Crippen LogP contribution in [0.25, 0.3) is 0 Å². The van der Waals surface area contributed by atoms with Crippen LogP contribution in [0.3, 0.4) is 0 Å². The van der Waals surface area contributed by atoms with Crippen LogP contribution in [0.15, 0.2) is 6.07 Å². The average Bonchev–Trinajstić information content (AvgIpc) is 2.25. The zero-order valence-corrected chi connectivity index (χ0v) is 12.1. The van der Waals surface area contributed by atoms with Crippen LogP contribution in [0.1, 0.15) is 13.3 Å². The molecule has 0 aromatic carbocycles. The Morgan fingerprint density at radius 1 is 1.38 bits per heavy atom. The minimum atomic E-state index is 0.270. The molecule has 1 rings (SSSR count). The molecule has 6 heteroatoms. The van der Waals surface area contributed by atoms with Gasteiger partial charge < -0.3 is 5.32 Å². The fraction of sp³-hybridized carbons (Fsp3) is 0.500. The largest absolute Gasteiger partial charge is 0.369 e. The maximum absolute atomic E-state index is 5.98. The van der Waals surface area contributed by atoms with Gasteiger partial charge >= 0.3 is 0 Å². The Morgan fingerprint density at radius 2 is 2.06 bits per heavy atom. The molecule has 16 heavy (non-hydrogen) atoms. The number of hydrogen-bond acceptors (Lipinski definition) is 3. The van der Waals surface area contributed by atoms with Gasteiger partial charge in [-0.2, -0.15) is 11.8 Å². The van der Waals surface area contributed by atoms with Crippen molar-refractivity contribution in [2.45, 2.75) is 18.6 Å². The van der Waals surface area contributed by atoms with E-state index in [0.717, 1.165) is 13.0 Å². The number of rotatable bonds is 5. The zero-order chi connectivity index (χ0) is 12.1. The van der Waals surface area contributed by atoms with Crippen molar-refractivity contribution in [1.82, 2.24) is 4.98 Å². The van der Waals surface area contributed by atoms with Gasteiger partial charge in [-0.1, -0.05) is 41.7 Å². The van der Waals surface area contributed by atoms with Crippen LogP contribution < -0.4 is 5.32 Å². The minimum absolute atomic E-state index is 0.270. The molecule has 1 atom stereocenters. The van der Waals surface area contributed by atoms with Gasteiger partial charge in [-0.05, 0) is 18.7 Å². The first-order valence-corrected chi connectivity index (χ1v) is 7.25. The Labute approximate surface area is 115 Å². The molecule has 0 spiro atoms. The predicted octanol–water partition coefficient (Wildman–Crippen LogP) is 4.60. The summed E-state index contributed by atoms with van der Waals surface area (Å²) in [5.74, 6) is 0.587. The van der Waals surface area contributed by atoms with Crippen LogP contribution in [-0.2, 0) is 0 Å². The van der Waals surface area contributed by atoms with Crippen molar-refractivity contribution in [2.24, 2.45) is 0 Å². The van der Waals surface area contributed by atoms with E-state index in [1.165, 1.54) is 0 Å². The van der Waals surface area contributed by atoms with Crippen molar-refractivity contribution >= 4 is 52.4 Å². The van der Waals surface area contributed by atoms with Crippen LogP contribution >= 0.6 is 46.6 Å². The molecule has 0 aliphatic heterocycles. The van der Waals surface area contributed by atoms with Crippen molar-refractivity contribution in [3.05, 3.63) is 21.3 Å². The third-order valence-corrected chi connectivity index (χ3v) is 4.13. The van der Waals surface area contributed by atoms with E-state index in [9.17, 15) is 0 Å². The number of aromatic nitrogens is 1. The fourth-order valence-electron chi connectivity index (χ4n) is 1.08. The highest BCUT2D eigenvalue weighted by Gasteiger charge is 2.07. The summed E-state index contributed by atoms with van der Waals surface area (Å²) in [6.45, 7) is 2.99. The number of hydrogen-bond donors (Lipinski definition) is 1. The SMILES string of the molecule is CSC(C)CCNc1nc(Cl)c(Cl)cc1Cl.